The van der Waals surface area contributed by atoms with E-state index < -0.39 is 5.60 Å². The molecule has 0 bridgehead atoms. The molecule has 3 heteroatoms. The van der Waals surface area contributed by atoms with Crippen LogP contribution < -0.4 is 5.73 Å². The van der Waals surface area contributed by atoms with Crippen LogP contribution in [0.4, 0.5) is 0 Å². The zero-order chi connectivity index (χ0) is 14.1. The minimum atomic E-state index is -0.614. The van der Waals surface area contributed by atoms with E-state index in [9.17, 15) is 5.11 Å². The molecule has 3 nitrogen and oxygen atoms in total. The fourth-order valence-electron chi connectivity index (χ4n) is 3.94. The average Bonchev–Trinajstić information content (AvgIpc) is 2.39. The molecule has 2 fully saturated rings. The smallest absolute Gasteiger partial charge is 0.0762 e. The third-order valence-corrected chi connectivity index (χ3v) is 5.83. The minimum Gasteiger partial charge on any atom is -0.389 e. The second-order valence-corrected chi connectivity index (χ2v) is 7.54. The van der Waals surface area contributed by atoms with Gasteiger partial charge in [-0.1, -0.05) is 20.8 Å². The maximum Gasteiger partial charge on any atom is 0.0762 e. The highest BCUT2D eigenvalue weighted by Gasteiger charge is 2.53. The summed E-state index contributed by atoms with van der Waals surface area (Å²) in [4.78, 5) is 0. The monoisotopic (exact) mass is 269 g/mol. The summed E-state index contributed by atoms with van der Waals surface area (Å²) in [5, 5.41) is 11.3. The van der Waals surface area contributed by atoms with E-state index in [0.29, 0.717) is 18.6 Å². The third-order valence-electron chi connectivity index (χ3n) is 5.83. The SMILES string of the molecule is CCC1CC(O)(C2(CN)CCC(C)(C)CC2)CCO1. The Balaban J connectivity index is 2.16. The number of hydrogen-bond acceptors (Lipinski definition) is 3. The standard InChI is InChI=1S/C16H31NO2/c1-4-13-11-16(18,9-10-19-13)15(12-17)7-5-14(2,3)6-8-15/h13,18H,4-12,17H2,1-3H3. The van der Waals surface area contributed by atoms with Crippen LogP contribution in [0.5, 0.6) is 0 Å². The van der Waals surface area contributed by atoms with E-state index in [1.807, 2.05) is 0 Å². The van der Waals surface area contributed by atoms with E-state index in [4.69, 9.17) is 10.5 Å². The highest BCUT2D eigenvalue weighted by molar-refractivity contribution is 5.05. The molecule has 1 saturated carbocycles. The Morgan fingerprint density at radius 2 is 1.79 bits per heavy atom. The van der Waals surface area contributed by atoms with E-state index in [-0.39, 0.29) is 11.5 Å². The zero-order valence-corrected chi connectivity index (χ0v) is 12.9. The summed E-state index contributed by atoms with van der Waals surface area (Å²) in [6.45, 7) is 8.08. The zero-order valence-electron chi connectivity index (χ0n) is 12.9. The van der Waals surface area contributed by atoms with Gasteiger partial charge in [0.15, 0.2) is 0 Å². The van der Waals surface area contributed by atoms with Crippen LogP contribution in [-0.4, -0.2) is 30.0 Å². The van der Waals surface area contributed by atoms with Crippen molar-refractivity contribution in [3.8, 4) is 0 Å². The number of rotatable bonds is 3. The molecule has 19 heavy (non-hydrogen) atoms. The molecule has 2 aliphatic rings. The lowest BCUT2D eigenvalue weighted by molar-refractivity contribution is -0.181. The summed E-state index contributed by atoms with van der Waals surface area (Å²) < 4.78 is 5.74. The minimum absolute atomic E-state index is 0.0836. The fourth-order valence-corrected chi connectivity index (χ4v) is 3.94. The van der Waals surface area contributed by atoms with Gasteiger partial charge in [-0.15, -0.1) is 0 Å². The summed E-state index contributed by atoms with van der Waals surface area (Å²) in [7, 11) is 0. The van der Waals surface area contributed by atoms with Crippen LogP contribution in [0.15, 0.2) is 0 Å². The molecule has 0 amide bonds. The summed E-state index contributed by atoms with van der Waals surface area (Å²) in [5.41, 5.74) is 5.84. The fraction of sp³-hybridized carbons (Fsp3) is 1.00. The molecule has 2 rings (SSSR count). The van der Waals surface area contributed by atoms with Crippen molar-refractivity contribution in [1.29, 1.82) is 0 Å². The average molecular weight is 269 g/mol. The molecular formula is C16H31NO2. The van der Waals surface area contributed by atoms with Crippen LogP contribution in [0.25, 0.3) is 0 Å². The lowest BCUT2D eigenvalue weighted by Crippen LogP contribution is -2.58. The molecule has 112 valence electrons. The molecule has 0 spiro atoms. The van der Waals surface area contributed by atoms with Gasteiger partial charge in [-0.25, -0.2) is 0 Å². The molecule has 1 heterocycles. The first kappa shape index (κ1) is 15.3. The topological polar surface area (TPSA) is 55.5 Å². The van der Waals surface area contributed by atoms with Crippen LogP contribution in [0.2, 0.25) is 0 Å². The molecule has 0 radical (unpaired) electrons. The van der Waals surface area contributed by atoms with Crippen LogP contribution in [0.1, 0.15) is 65.7 Å². The normalized spacial score (nSPS) is 38.1. The maximum absolute atomic E-state index is 11.3. The second-order valence-electron chi connectivity index (χ2n) is 7.54. The predicted molar refractivity (Wildman–Crippen MR) is 78.0 cm³/mol. The van der Waals surface area contributed by atoms with Crippen molar-refractivity contribution in [3.05, 3.63) is 0 Å². The van der Waals surface area contributed by atoms with Gasteiger partial charge in [0.05, 0.1) is 11.7 Å². The highest BCUT2D eigenvalue weighted by atomic mass is 16.5. The number of hydrogen-bond donors (Lipinski definition) is 2. The van der Waals surface area contributed by atoms with E-state index >= 15 is 0 Å². The number of ether oxygens (including phenoxy) is 1. The molecule has 0 aromatic heterocycles. The summed E-state index contributed by atoms with van der Waals surface area (Å²) in [6.07, 6.45) is 7.16. The highest BCUT2D eigenvalue weighted by Crippen LogP contribution is 2.53. The van der Waals surface area contributed by atoms with Gasteiger partial charge in [0.1, 0.15) is 0 Å². The molecule has 2 atom stereocenters. The number of aliphatic hydroxyl groups is 1. The van der Waals surface area contributed by atoms with Crippen molar-refractivity contribution in [3.63, 3.8) is 0 Å². The molecule has 1 saturated heterocycles. The molecule has 0 aromatic rings. The maximum atomic E-state index is 11.3. The van der Waals surface area contributed by atoms with Gasteiger partial charge in [0.25, 0.3) is 0 Å². The summed E-state index contributed by atoms with van der Waals surface area (Å²) in [5.74, 6) is 0. The first-order chi connectivity index (χ1) is 8.86. The molecule has 1 aliphatic carbocycles. The Morgan fingerprint density at radius 3 is 2.32 bits per heavy atom. The first-order valence-corrected chi connectivity index (χ1v) is 7.90. The van der Waals surface area contributed by atoms with E-state index in [2.05, 4.69) is 20.8 Å². The van der Waals surface area contributed by atoms with Gasteiger partial charge < -0.3 is 15.6 Å². The molecule has 0 aromatic carbocycles. The van der Waals surface area contributed by atoms with Crippen LogP contribution in [0.3, 0.4) is 0 Å². The molecule has 2 unspecified atom stereocenters. The Labute approximate surface area is 117 Å². The Hall–Kier alpha value is -0.120. The third kappa shape index (κ3) is 2.84. The van der Waals surface area contributed by atoms with Crippen molar-refractivity contribution in [1.82, 2.24) is 0 Å². The van der Waals surface area contributed by atoms with Gasteiger partial charge >= 0.3 is 0 Å². The first-order valence-electron chi connectivity index (χ1n) is 7.90. The van der Waals surface area contributed by atoms with Crippen molar-refractivity contribution in [2.24, 2.45) is 16.6 Å². The lowest BCUT2D eigenvalue weighted by Gasteiger charge is -2.54. The quantitative estimate of drug-likeness (QED) is 0.828. The van der Waals surface area contributed by atoms with Crippen molar-refractivity contribution < 1.29 is 9.84 Å². The van der Waals surface area contributed by atoms with E-state index in [1.54, 1.807) is 0 Å². The molecular weight excluding hydrogens is 238 g/mol. The lowest BCUT2D eigenvalue weighted by atomic mass is 9.56. The van der Waals surface area contributed by atoms with Gasteiger partial charge in [0, 0.05) is 31.4 Å². The van der Waals surface area contributed by atoms with Crippen LogP contribution in [-0.2, 0) is 4.74 Å². The Morgan fingerprint density at radius 1 is 1.16 bits per heavy atom. The van der Waals surface area contributed by atoms with E-state index in [0.717, 1.165) is 32.1 Å². The largest absolute Gasteiger partial charge is 0.389 e. The van der Waals surface area contributed by atoms with Crippen molar-refractivity contribution in [2.45, 2.75) is 77.4 Å². The Kier molecular flexibility index (Phi) is 4.29. The van der Waals surface area contributed by atoms with Crippen LogP contribution in [0, 0.1) is 10.8 Å². The predicted octanol–water partition coefficient (Wildman–Crippen LogP) is 2.85. The van der Waals surface area contributed by atoms with E-state index in [1.165, 1.54) is 12.8 Å². The number of nitrogens with two attached hydrogens (primary N) is 1. The second kappa shape index (κ2) is 5.34. The summed E-state index contributed by atoms with van der Waals surface area (Å²) in [6, 6.07) is 0. The van der Waals surface area contributed by atoms with Gasteiger partial charge in [-0.3, -0.25) is 0 Å². The van der Waals surface area contributed by atoms with Gasteiger partial charge in [-0.2, -0.15) is 0 Å². The van der Waals surface area contributed by atoms with Crippen LogP contribution >= 0.6 is 0 Å². The van der Waals surface area contributed by atoms with Gasteiger partial charge in [-0.05, 0) is 37.5 Å². The Bertz CT molecular complexity index is 306. The van der Waals surface area contributed by atoms with Gasteiger partial charge in [0.2, 0.25) is 0 Å². The molecule has 1 aliphatic heterocycles. The van der Waals surface area contributed by atoms with Crippen molar-refractivity contribution in [2.75, 3.05) is 13.2 Å². The van der Waals surface area contributed by atoms with Crippen molar-refractivity contribution >= 4 is 0 Å². The summed E-state index contributed by atoms with van der Waals surface area (Å²) >= 11 is 0. The molecule has 3 N–H and O–H groups in total.